The number of hydrogen-bond acceptors (Lipinski definition) is 6. The van der Waals surface area contributed by atoms with E-state index in [1.54, 1.807) is 0 Å². The average Bonchev–Trinajstić information content (AvgIpc) is 2.56. The van der Waals surface area contributed by atoms with Crippen molar-refractivity contribution in [2.75, 3.05) is 20.8 Å². The van der Waals surface area contributed by atoms with Gasteiger partial charge >= 0.3 is 11.9 Å². The van der Waals surface area contributed by atoms with Crippen LogP contribution in [-0.4, -0.2) is 43.6 Å². The van der Waals surface area contributed by atoms with Gasteiger partial charge in [-0.1, -0.05) is 6.42 Å². The van der Waals surface area contributed by atoms with Gasteiger partial charge in [-0.05, 0) is 25.0 Å². The molecule has 0 aromatic carbocycles. The Bertz CT molecular complexity index is 513. The first-order chi connectivity index (χ1) is 10.6. The van der Waals surface area contributed by atoms with Crippen LogP contribution < -0.4 is 5.32 Å². The van der Waals surface area contributed by atoms with Gasteiger partial charge in [-0.15, -0.1) is 0 Å². The van der Waals surface area contributed by atoms with E-state index >= 15 is 0 Å². The van der Waals surface area contributed by atoms with Crippen molar-refractivity contribution in [2.45, 2.75) is 25.7 Å². The molecule has 0 saturated carbocycles. The molecule has 0 unspecified atom stereocenters. The topological polar surface area (TPSA) is 94.6 Å². The molecule has 0 saturated heterocycles. The fourth-order valence-corrected chi connectivity index (χ4v) is 1.73. The first-order valence-electron chi connectivity index (χ1n) is 6.98. The van der Waals surface area contributed by atoms with Gasteiger partial charge in [0.1, 0.15) is 5.69 Å². The fraction of sp³-hybridized carbons (Fsp3) is 0.467. The third kappa shape index (κ3) is 5.90. The lowest BCUT2D eigenvalue weighted by atomic mass is 10.2. The summed E-state index contributed by atoms with van der Waals surface area (Å²) in [6.45, 7) is 0.500. The lowest BCUT2D eigenvalue weighted by Gasteiger charge is -2.05. The lowest BCUT2D eigenvalue weighted by molar-refractivity contribution is -0.140. The van der Waals surface area contributed by atoms with Crippen LogP contribution in [0.2, 0.25) is 0 Å². The molecular formula is C15H20N2O5. The van der Waals surface area contributed by atoms with Crippen LogP contribution in [0.25, 0.3) is 0 Å². The molecule has 0 aliphatic rings. The Morgan fingerprint density at radius 3 is 2.45 bits per heavy atom. The predicted molar refractivity (Wildman–Crippen MR) is 78.4 cm³/mol. The summed E-state index contributed by atoms with van der Waals surface area (Å²) in [5.74, 6) is -1.02. The van der Waals surface area contributed by atoms with Gasteiger partial charge in [0.15, 0.2) is 0 Å². The van der Waals surface area contributed by atoms with Gasteiger partial charge < -0.3 is 14.8 Å². The molecule has 120 valence electrons. The predicted octanol–water partition coefficient (Wildman–Crippen LogP) is 1.33. The van der Waals surface area contributed by atoms with Crippen LogP contribution in [0.4, 0.5) is 0 Å². The fourth-order valence-electron chi connectivity index (χ4n) is 1.73. The molecule has 1 aromatic heterocycles. The third-order valence-electron chi connectivity index (χ3n) is 2.99. The van der Waals surface area contributed by atoms with Gasteiger partial charge in [-0.3, -0.25) is 14.6 Å². The zero-order valence-electron chi connectivity index (χ0n) is 12.8. The minimum absolute atomic E-state index is 0.223. The smallest absolute Gasteiger partial charge is 0.339 e. The molecule has 1 rings (SSSR count). The largest absolute Gasteiger partial charge is 0.469 e. The molecule has 0 atom stereocenters. The molecule has 0 spiro atoms. The minimum atomic E-state index is -0.495. The van der Waals surface area contributed by atoms with Crippen molar-refractivity contribution in [3.05, 3.63) is 29.6 Å². The Morgan fingerprint density at radius 1 is 1.09 bits per heavy atom. The molecule has 1 heterocycles. The van der Waals surface area contributed by atoms with Crippen molar-refractivity contribution in [2.24, 2.45) is 0 Å². The standard InChI is InChI=1S/C15H20N2O5/c1-21-13(18)6-4-3-5-9-16-14(19)12-8-7-11(10-17-12)15(20)22-2/h7-8,10H,3-6,9H2,1-2H3,(H,16,19). The number of esters is 2. The SMILES string of the molecule is COC(=O)CCCCCNC(=O)c1ccc(C(=O)OC)cn1. The second-order valence-electron chi connectivity index (χ2n) is 4.57. The van der Waals surface area contributed by atoms with Crippen molar-refractivity contribution in [1.29, 1.82) is 0 Å². The normalized spacial score (nSPS) is 9.91. The van der Waals surface area contributed by atoms with E-state index in [2.05, 4.69) is 19.8 Å². The monoisotopic (exact) mass is 308 g/mol. The molecular weight excluding hydrogens is 288 g/mol. The molecule has 0 radical (unpaired) electrons. The zero-order chi connectivity index (χ0) is 16.4. The Labute approximate surface area is 129 Å². The van der Waals surface area contributed by atoms with E-state index in [-0.39, 0.29) is 17.6 Å². The van der Waals surface area contributed by atoms with E-state index in [1.807, 2.05) is 0 Å². The van der Waals surface area contributed by atoms with Gasteiger partial charge in [0, 0.05) is 19.2 Å². The summed E-state index contributed by atoms with van der Waals surface area (Å²) in [6.07, 6.45) is 4.01. The van der Waals surface area contributed by atoms with Crippen LogP contribution in [0.15, 0.2) is 18.3 Å². The molecule has 0 fully saturated rings. The highest BCUT2D eigenvalue weighted by Gasteiger charge is 2.09. The second-order valence-corrected chi connectivity index (χ2v) is 4.57. The summed E-state index contributed by atoms with van der Waals surface area (Å²) in [4.78, 5) is 37.9. The molecule has 7 heteroatoms. The van der Waals surface area contributed by atoms with E-state index in [0.29, 0.717) is 18.5 Å². The van der Waals surface area contributed by atoms with Gasteiger partial charge in [-0.2, -0.15) is 0 Å². The second kappa shape index (κ2) is 9.49. The average molecular weight is 308 g/mol. The highest BCUT2D eigenvalue weighted by atomic mass is 16.5. The van der Waals surface area contributed by atoms with Crippen molar-refractivity contribution < 1.29 is 23.9 Å². The maximum absolute atomic E-state index is 11.8. The van der Waals surface area contributed by atoms with Gasteiger partial charge in [0.2, 0.25) is 0 Å². The van der Waals surface area contributed by atoms with Crippen LogP contribution in [0.3, 0.4) is 0 Å². The van der Waals surface area contributed by atoms with E-state index in [1.165, 1.54) is 32.5 Å². The summed E-state index contributed by atoms with van der Waals surface area (Å²) in [5.41, 5.74) is 0.532. The highest BCUT2D eigenvalue weighted by molar-refractivity contribution is 5.94. The summed E-state index contributed by atoms with van der Waals surface area (Å²) in [7, 11) is 2.64. The Kier molecular flexibility index (Phi) is 7.60. The number of pyridine rings is 1. The lowest BCUT2D eigenvalue weighted by Crippen LogP contribution is -2.25. The first-order valence-corrected chi connectivity index (χ1v) is 6.98. The van der Waals surface area contributed by atoms with Crippen LogP contribution in [-0.2, 0) is 14.3 Å². The Balaban J connectivity index is 2.28. The molecule has 1 aromatic rings. The molecule has 22 heavy (non-hydrogen) atoms. The Morgan fingerprint density at radius 2 is 1.86 bits per heavy atom. The number of ether oxygens (including phenoxy) is 2. The molecule has 7 nitrogen and oxygen atoms in total. The van der Waals surface area contributed by atoms with Crippen LogP contribution in [0, 0.1) is 0 Å². The first kappa shape index (κ1) is 17.6. The maximum atomic E-state index is 11.8. The molecule has 0 bridgehead atoms. The molecule has 0 aliphatic carbocycles. The number of unbranched alkanes of at least 4 members (excludes halogenated alkanes) is 2. The van der Waals surface area contributed by atoms with Crippen molar-refractivity contribution >= 4 is 17.8 Å². The van der Waals surface area contributed by atoms with Crippen molar-refractivity contribution in [3.8, 4) is 0 Å². The number of carbonyl (C=O) groups is 3. The number of nitrogens with one attached hydrogen (secondary N) is 1. The van der Waals surface area contributed by atoms with E-state index in [4.69, 9.17) is 0 Å². The summed E-state index contributed by atoms with van der Waals surface area (Å²) in [5, 5.41) is 2.73. The number of methoxy groups -OCH3 is 2. The van der Waals surface area contributed by atoms with Gasteiger partial charge in [0.25, 0.3) is 5.91 Å². The van der Waals surface area contributed by atoms with Crippen molar-refractivity contribution in [3.63, 3.8) is 0 Å². The van der Waals surface area contributed by atoms with Crippen molar-refractivity contribution in [1.82, 2.24) is 10.3 Å². The minimum Gasteiger partial charge on any atom is -0.469 e. The highest BCUT2D eigenvalue weighted by Crippen LogP contribution is 2.03. The summed E-state index contributed by atoms with van der Waals surface area (Å²) < 4.78 is 9.09. The number of amides is 1. The molecule has 1 amide bonds. The Hall–Kier alpha value is -2.44. The number of aromatic nitrogens is 1. The maximum Gasteiger partial charge on any atom is 0.339 e. The van der Waals surface area contributed by atoms with Crippen LogP contribution >= 0.6 is 0 Å². The third-order valence-corrected chi connectivity index (χ3v) is 2.99. The van der Waals surface area contributed by atoms with E-state index in [0.717, 1.165) is 19.3 Å². The summed E-state index contributed by atoms with van der Waals surface area (Å²) in [6, 6.07) is 2.96. The van der Waals surface area contributed by atoms with Gasteiger partial charge in [0.05, 0.1) is 19.8 Å². The molecule has 1 N–H and O–H groups in total. The van der Waals surface area contributed by atoms with Crippen LogP contribution in [0.5, 0.6) is 0 Å². The van der Waals surface area contributed by atoms with E-state index < -0.39 is 5.97 Å². The molecule has 0 aliphatic heterocycles. The van der Waals surface area contributed by atoms with Gasteiger partial charge in [-0.25, -0.2) is 4.79 Å². The van der Waals surface area contributed by atoms with Crippen LogP contribution in [0.1, 0.15) is 46.5 Å². The number of carbonyl (C=O) groups excluding carboxylic acids is 3. The van der Waals surface area contributed by atoms with E-state index in [9.17, 15) is 14.4 Å². The quantitative estimate of drug-likeness (QED) is 0.575. The number of nitrogens with zero attached hydrogens (tertiary/aromatic N) is 1. The number of hydrogen-bond donors (Lipinski definition) is 1. The zero-order valence-corrected chi connectivity index (χ0v) is 12.8. The summed E-state index contributed by atoms with van der Waals surface area (Å²) >= 11 is 0. The number of rotatable bonds is 8.